The highest BCUT2D eigenvalue weighted by Crippen LogP contribution is 2.42. The number of amidine groups is 1. The fourth-order valence-corrected chi connectivity index (χ4v) is 4.41. The van der Waals surface area contributed by atoms with Crippen LogP contribution in [0.2, 0.25) is 0 Å². The van der Waals surface area contributed by atoms with Crippen LogP contribution in [0.4, 0.5) is 0 Å². The van der Waals surface area contributed by atoms with E-state index in [0.29, 0.717) is 18.7 Å². The minimum atomic E-state index is -0.262. The van der Waals surface area contributed by atoms with Crippen LogP contribution in [0, 0.1) is 5.92 Å². The molecule has 7 nitrogen and oxygen atoms in total. The molecule has 1 unspecified atom stereocenters. The van der Waals surface area contributed by atoms with Crippen molar-refractivity contribution in [3.8, 4) is 11.4 Å². The lowest BCUT2D eigenvalue weighted by atomic mass is 9.79. The molecule has 3 heterocycles. The zero-order chi connectivity index (χ0) is 21.0. The maximum atomic E-state index is 9.79. The Bertz CT molecular complexity index is 1320. The molecule has 3 aromatic rings. The van der Waals surface area contributed by atoms with Crippen molar-refractivity contribution in [1.82, 2.24) is 9.97 Å². The van der Waals surface area contributed by atoms with Gasteiger partial charge >= 0.3 is 0 Å². The van der Waals surface area contributed by atoms with Crippen LogP contribution >= 0.6 is 0 Å². The Morgan fingerprint density at radius 3 is 2.68 bits per heavy atom. The van der Waals surface area contributed by atoms with Crippen molar-refractivity contribution in [2.24, 2.45) is 21.7 Å². The molecule has 6 rings (SSSR count). The Kier molecular flexibility index (Phi) is 3.97. The van der Waals surface area contributed by atoms with Gasteiger partial charge in [-0.05, 0) is 25.0 Å². The first kappa shape index (κ1) is 18.3. The fourth-order valence-electron chi connectivity index (χ4n) is 4.41. The number of aromatic nitrogens is 2. The molecule has 31 heavy (non-hydrogen) atoms. The van der Waals surface area contributed by atoms with Crippen LogP contribution in [0.15, 0.2) is 88.5 Å². The highest BCUT2D eigenvalue weighted by molar-refractivity contribution is 6.02. The average Bonchev–Trinajstić information content (AvgIpc) is 3.09. The number of quaternary nitrogens is 1. The molecule has 3 N–H and O–H groups in total. The number of nitrogens with zero attached hydrogens (tertiary/aromatic N) is 5. The first-order valence-corrected chi connectivity index (χ1v) is 10.3. The van der Waals surface area contributed by atoms with E-state index < -0.39 is 0 Å². The van der Waals surface area contributed by atoms with Gasteiger partial charge in [0.25, 0.3) is 5.84 Å². The van der Waals surface area contributed by atoms with Crippen LogP contribution in [0.1, 0.15) is 18.4 Å². The molecule has 1 saturated carbocycles. The summed E-state index contributed by atoms with van der Waals surface area (Å²) in [5.74, 6) is 8.44. The normalized spacial score (nSPS) is 26.7. The fraction of sp³-hybridized carbons (Fsp3) is 0.167. The van der Waals surface area contributed by atoms with E-state index in [1.807, 2.05) is 60.9 Å². The van der Waals surface area contributed by atoms with Crippen molar-refractivity contribution in [2.75, 3.05) is 0 Å². The minimum Gasteiger partial charge on any atom is -0.393 e. The van der Waals surface area contributed by atoms with Crippen LogP contribution < -0.4 is 5.84 Å². The Labute approximate surface area is 179 Å². The Morgan fingerprint density at radius 1 is 1.03 bits per heavy atom. The summed E-state index contributed by atoms with van der Waals surface area (Å²) in [4.78, 5) is 18.6. The predicted octanol–water partition coefficient (Wildman–Crippen LogP) is 3.29. The number of allylic oxidation sites excluding steroid dienone is 2. The second kappa shape index (κ2) is 6.75. The number of hydrogen-bond donors (Lipinski definition) is 2. The van der Waals surface area contributed by atoms with Crippen LogP contribution in [0.5, 0.6) is 0 Å². The summed E-state index contributed by atoms with van der Waals surface area (Å²) in [7, 11) is 0. The van der Waals surface area contributed by atoms with Gasteiger partial charge in [0.15, 0.2) is 5.82 Å². The number of rotatable bonds is 3. The van der Waals surface area contributed by atoms with E-state index in [9.17, 15) is 5.11 Å². The third kappa shape index (κ3) is 2.86. The van der Waals surface area contributed by atoms with Crippen molar-refractivity contribution in [3.05, 3.63) is 84.1 Å². The molecule has 0 saturated heterocycles. The summed E-state index contributed by atoms with van der Waals surface area (Å²) in [5.41, 5.74) is 4.50. The van der Waals surface area contributed by atoms with E-state index >= 15 is 0 Å². The van der Waals surface area contributed by atoms with Crippen LogP contribution in [0.3, 0.4) is 0 Å². The van der Waals surface area contributed by atoms with Crippen molar-refractivity contribution in [3.63, 3.8) is 0 Å². The SMILES string of the molecule is N[N+]12C=CN=CC1=C(C1CC(O)C1)N=C2c1ccc2cnc(-c3ccccc3)nc2c1. The van der Waals surface area contributed by atoms with Crippen molar-refractivity contribution >= 4 is 23.0 Å². The first-order chi connectivity index (χ1) is 15.1. The summed E-state index contributed by atoms with van der Waals surface area (Å²) < 4.78 is -0.0203. The number of benzene rings is 2. The lowest BCUT2D eigenvalue weighted by molar-refractivity contribution is -0.750. The number of fused-ring (bicyclic) bond motifs is 2. The van der Waals surface area contributed by atoms with Crippen molar-refractivity contribution < 1.29 is 9.70 Å². The van der Waals surface area contributed by atoms with E-state index in [0.717, 1.165) is 39.3 Å². The van der Waals surface area contributed by atoms with Gasteiger partial charge < -0.3 is 5.11 Å². The quantitative estimate of drug-likeness (QED) is 0.512. The zero-order valence-corrected chi connectivity index (χ0v) is 16.8. The topological polar surface area (TPSA) is 96.8 Å². The second-order valence-corrected chi connectivity index (χ2v) is 8.21. The van der Waals surface area contributed by atoms with Gasteiger partial charge in [-0.1, -0.05) is 36.4 Å². The van der Waals surface area contributed by atoms with Gasteiger partial charge in [-0.2, -0.15) is 10.8 Å². The van der Waals surface area contributed by atoms with E-state index in [-0.39, 0.29) is 16.6 Å². The molecular weight excluding hydrogens is 388 g/mol. The molecule has 0 radical (unpaired) electrons. The third-order valence-corrected chi connectivity index (χ3v) is 6.20. The van der Waals surface area contributed by atoms with E-state index in [1.54, 1.807) is 12.4 Å². The van der Waals surface area contributed by atoms with Gasteiger partial charge in [0.1, 0.15) is 11.9 Å². The van der Waals surface area contributed by atoms with Gasteiger partial charge in [0.2, 0.25) is 5.70 Å². The van der Waals surface area contributed by atoms with Crippen LogP contribution in [-0.4, -0.2) is 37.8 Å². The number of hydrogen-bond acceptors (Lipinski definition) is 6. The molecule has 152 valence electrons. The number of nitrogens with two attached hydrogens (primary N) is 1. The maximum Gasteiger partial charge on any atom is 0.264 e. The van der Waals surface area contributed by atoms with Crippen LogP contribution in [0.25, 0.3) is 22.3 Å². The summed E-state index contributed by atoms with van der Waals surface area (Å²) in [6.45, 7) is 0. The first-order valence-electron chi connectivity index (χ1n) is 10.3. The molecule has 0 amide bonds. The summed E-state index contributed by atoms with van der Waals surface area (Å²) in [6, 6.07) is 16.0. The largest absolute Gasteiger partial charge is 0.393 e. The third-order valence-electron chi connectivity index (χ3n) is 6.20. The minimum absolute atomic E-state index is 0.0203. The Hall–Kier alpha value is -3.52. The molecule has 2 aromatic carbocycles. The molecular formula is C24H21N6O+. The lowest BCUT2D eigenvalue weighted by Gasteiger charge is -2.31. The summed E-state index contributed by atoms with van der Waals surface area (Å²) >= 11 is 0. The molecule has 3 aliphatic rings. The molecule has 0 bridgehead atoms. The van der Waals surface area contributed by atoms with Gasteiger partial charge in [0.05, 0.1) is 29.6 Å². The molecule has 7 heteroatoms. The molecule has 2 aliphatic heterocycles. The monoisotopic (exact) mass is 409 g/mol. The molecule has 1 fully saturated rings. The lowest BCUT2D eigenvalue weighted by Crippen LogP contribution is -2.53. The molecule has 1 aliphatic carbocycles. The van der Waals surface area contributed by atoms with Gasteiger partial charge in [0, 0.05) is 23.1 Å². The van der Waals surface area contributed by atoms with Gasteiger partial charge in [-0.15, -0.1) is 4.59 Å². The number of aliphatic hydroxyl groups excluding tert-OH is 1. The average molecular weight is 409 g/mol. The van der Waals surface area contributed by atoms with E-state index in [2.05, 4.69) is 9.98 Å². The maximum absolute atomic E-state index is 9.79. The molecule has 1 atom stereocenters. The predicted molar refractivity (Wildman–Crippen MR) is 119 cm³/mol. The van der Waals surface area contributed by atoms with Gasteiger partial charge in [-0.25, -0.2) is 9.97 Å². The zero-order valence-electron chi connectivity index (χ0n) is 16.8. The highest BCUT2D eigenvalue weighted by Gasteiger charge is 2.47. The smallest absolute Gasteiger partial charge is 0.264 e. The van der Waals surface area contributed by atoms with E-state index in [4.69, 9.17) is 15.8 Å². The summed E-state index contributed by atoms with van der Waals surface area (Å²) in [6.07, 6.45) is 8.33. The number of aliphatic imine (C=N–C) groups is 2. The van der Waals surface area contributed by atoms with Crippen molar-refractivity contribution in [2.45, 2.75) is 18.9 Å². The Morgan fingerprint density at radius 2 is 1.87 bits per heavy atom. The van der Waals surface area contributed by atoms with Crippen LogP contribution in [-0.2, 0) is 0 Å². The molecule has 1 aromatic heterocycles. The summed E-state index contributed by atoms with van der Waals surface area (Å²) in [5, 5.41) is 10.7. The molecule has 0 spiro atoms. The van der Waals surface area contributed by atoms with Gasteiger partial charge in [-0.3, -0.25) is 4.99 Å². The van der Waals surface area contributed by atoms with Crippen molar-refractivity contribution in [1.29, 1.82) is 0 Å². The second-order valence-electron chi connectivity index (χ2n) is 8.21. The standard InChI is InChI=1S/C24H21N6O/c25-30-9-8-26-14-21(30)22(18-10-19(31)11-18)29-24(30)16-6-7-17-13-27-23(28-20(17)12-16)15-4-2-1-3-5-15/h1-9,12-14,18-19,31H,10-11,25H2/q+1. The highest BCUT2D eigenvalue weighted by atomic mass is 16.3. The number of aliphatic hydroxyl groups is 1. The Balaban J connectivity index is 1.45. The van der Waals surface area contributed by atoms with E-state index in [1.165, 1.54) is 0 Å².